The minimum Gasteiger partial charge on any atom is -0.497 e. The van der Waals surface area contributed by atoms with Gasteiger partial charge in [0.1, 0.15) is 35.5 Å². The highest BCUT2D eigenvalue weighted by Crippen LogP contribution is 2.53. The lowest BCUT2D eigenvalue weighted by Crippen LogP contribution is -2.41. The second kappa shape index (κ2) is 24.1. The number of carbonyl (C=O) groups is 1. The molecule has 0 aliphatic carbocycles. The molecule has 16 heteroatoms. The van der Waals surface area contributed by atoms with Crippen LogP contribution in [0.1, 0.15) is 95.6 Å². The summed E-state index contributed by atoms with van der Waals surface area (Å²) in [5.41, 5.74) is 5.46. The molecule has 15 nitrogen and oxygen atoms in total. The second-order valence-corrected chi connectivity index (χ2v) is 17.4. The summed E-state index contributed by atoms with van der Waals surface area (Å²) in [6, 6.07) is 28.5. The summed E-state index contributed by atoms with van der Waals surface area (Å²) in [7, 11) is 1.48. The molecule has 3 aromatic carbocycles. The summed E-state index contributed by atoms with van der Waals surface area (Å²) in [4.78, 5) is 39.5. The molecule has 0 spiro atoms. The van der Waals surface area contributed by atoms with Crippen LogP contribution in [0.4, 0.5) is 4.79 Å². The Balaban J connectivity index is 1.62. The Labute approximate surface area is 371 Å². The quantitative estimate of drug-likeness (QED) is 0.0335. The number of primary amides is 1. The first-order chi connectivity index (χ1) is 30.4. The number of nitriles is 1. The van der Waals surface area contributed by atoms with Crippen LogP contribution in [0.5, 0.6) is 11.5 Å². The van der Waals surface area contributed by atoms with Crippen LogP contribution in [-0.4, -0.2) is 78.5 Å². The first kappa shape index (κ1) is 49.0. The monoisotopic (exact) mass is 886 g/mol. The van der Waals surface area contributed by atoms with E-state index in [2.05, 4.69) is 48.7 Å². The van der Waals surface area contributed by atoms with E-state index in [1.165, 1.54) is 16.8 Å². The number of H-pyrrole nitrogens is 1. The van der Waals surface area contributed by atoms with Gasteiger partial charge < -0.3 is 39.0 Å². The van der Waals surface area contributed by atoms with Gasteiger partial charge in [0.2, 0.25) is 0 Å². The van der Waals surface area contributed by atoms with E-state index in [1.54, 1.807) is 14.2 Å². The second-order valence-electron chi connectivity index (χ2n) is 16.0. The van der Waals surface area contributed by atoms with Crippen molar-refractivity contribution in [1.29, 1.82) is 5.26 Å². The fraction of sp³-hybridized carbons (Fsp3) is 0.489. The SMILES string of the molecule is COc1ccc(C(OC[C@H]2O[C@@H](n3ccc(=O)[nH]c3=O)[C@H](CCCCCCCNC(N)=O)[C@@H]2OP(OCCC#N)N(C(C)C)C(C)C)(c2ccccc2)c2ccc(OC)cc2)cc1. The zero-order valence-electron chi connectivity index (χ0n) is 37.2. The number of nitrogens with zero attached hydrogens (tertiary/aromatic N) is 3. The molecule has 5 rings (SSSR count). The van der Waals surface area contributed by atoms with E-state index in [-0.39, 0.29) is 31.7 Å². The van der Waals surface area contributed by atoms with E-state index in [9.17, 15) is 19.6 Å². The fourth-order valence-electron chi connectivity index (χ4n) is 8.21. The van der Waals surface area contributed by atoms with E-state index in [0.29, 0.717) is 24.5 Å². The maximum absolute atomic E-state index is 13.6. The van der Waals surface area contributed by atoms with Crippen molar-refractivity contribution in [3.05, 3.63) is 129 Å². The zero-order chi connectivity index (χ0) is 45.4. The van der Waals surface area contributed by atoms with E-state index in [1.807, 2.05) is 78.9 Å². The normalized spacial score (nSPS) is 18.1. The maximum atomic E-state index is 13.6. The highest BCUT2D eigenvalue weighted by Gasteiger charge is 2.50. The van der Waals surface area contributed by atoms with Gasteiger partial charge in [0, 0.05) is 36.8 Å². The number of nitrogens with two attached hydrogens (primary N) is 1. The molecule has 5 atom stereocenters. The zero-order valence-corrected chi connectivity index (χ0v) is 38.1. The molecule has 4 N–H and O–H groups in total. The van der Waals surface area contributed by atoms with Crippen molar-refractivity contribution in [2.24, 2.45) is 11.7 Å². The molecule has 1 unspecified atom stereocenters. The lowest BCUT2D eigenvalue weighted by atomic mass is 9.80. The molecule has 1 saturated heterocycles. The van der Waals surface area contributed by atoms with Crippen LogP contribution in [0.25, 0.3) is 0 Å². The number of ether oxygens (including phenoxy) is 4. The van der Waals surface area contributed by atoms with Crippen LogP contribution in [0.15, 0.2) is 101 Å². The molecule has 1 fully saturated rings. The Morgan fingerprint density at radius 2 is 1.48 bits per heavy atom. The molecule has 1 aliphatic heterocycles. The lowest BCUT2D eigenvalue weighted by molar-refractivity contribution is -0.0933. The summed E-state index contributed by atoms with van der Waals surface area (Å²) in [5.74, 6) is 0.969. The third-order valence-electron chi connectivity index (χ3n) is 11.1. The minimum atomic E-state index is -1.77. The van der Waals surface area contributed by atoms with Gasteiger partial charge in [-0.1, -0.05) is 80.3 Å². The van der Waals surface area contributed by atoms with Crippen molar-refractivity contribution in [2.75, 3.05) is 34.0 Å². The van der Waals surface area contributed by atoms with E-state index in [4.69, 9.17) is 33.7 Å². The van der Waals surface area contributed by atoms with Crippen molar-refractivity contribution in [2.45, 2.75) is 109 Å². The number of hydrogen-bond acceptors (Lipinski definition) is 11. The lowest BCUT2D eigenvalue weighted by Gasteiger charge is -2.39. The van der Waals surface area contributed by atoms with Gasteiger partial charge >= 0.3 is 11.7 Å². The number of methoxy groups -OCH3 is 2. The van der Waals surface area contributed by atoms with Crippen molar-refractivity contribution < 1.29 is 32.8 Å². The first-order valence-electron chi connectivity index (χ1n) is 21.7. The standard InChI is InChI=1S/C47H63N6O9P/c1-33(2)53(34(3)4)63(60-31-15-28-48)62-43-40(18-13-8-7-9-14-29-50-45(49)55)44(52-30-27-42(54)51-46(52)56)61-41(43)32-59-47(35-16-11-10-12-17-35,36-19-23-38(57-5)24-20-36)37-21-25-39(58-6)26-22-37/h10-12,16-17,19-27,30,33-34,40-41,43-44H,7-9,13-15,18,29,31-32H2,1-6H3,(H3,49,50,55)(H,51,54,56)/t40-,41-,43+,44-,63?/m1/s1. The number of aromatic amines is 1. The smallest absolute Gasteiger partial charge is 0.330 e. The maximum Gasteiger partial charge on any atom is 0.330 e. The average molecular weight is 887 g/mol. The largest absolute Gasteiger partial charge is 0.497 e. The Morgan fingerprint density at radius 3 is 2.03 bits per heavy atom. The highest BCUT2D eigenvalue weighted by atomic mass is 31.2. The van der Waals surface area contributed by atoms with Crippen LogP contribution in [-0.2, 0) is 24.1 Å². The summed E-state index contributed by atoms with van der Waals surface area (Å²) >= 11 is 0. The summed E-state index contributed by atoms with van der Waals surface area (Å²) in [5, 5.41) is 12.1. The third-order valence-corrected chi connectivity index (χ3v) is 13.2. The Hall–Kier alpha value is -5.07. The van der Waals surface area contributed by atoms with E-state index >= 15 is 0 Å². The number of hydrogen-bond donors (Lipinski definition) is 3. The number of carbonyl (C=O) groups excluding carboxylic acids is 1. The number of benzene rings is 3. The van der Waals surface area contributed by atoms with Crippen LogP contribution < -0.4 is 31.8 Å². The number of aromatic nitrogens is 2. The molecule has 340 valence electrons. The predicted octanol–water partition coefficient (Wildman–Crippen LogP) is 7.75. The van der Waals surface area contributed by atoms with Crippen molar-refractivity contribution in [3.8, 4) is 17.6 Å². The third kappa shape index (κ3) is 12.8. The molecule has 0 radical (unpaired) electrons. The van der Waals surface area contributed by atoms with Crippen LogP contribution in [0.2, 0.25) is 0 Å². The Morgan fingerprint density at radius 1 is 0.889 bits per heavy atom. The number of nitrogens with one attached hydrogen (secondary N) is 2. The van der Waals surface area contributed by atoms with Gasteiger partial charge in [-0.3, -0.25) is 14.3 Å². The molecule has 2 heterocycles. The predicted molar refractivity (Wildman–Crippen MR) is 242 cm³/mol. The molecular formula is C47H63N6O9P. The molecule has 2 amide bonds. The van der Waals surface area contributed by atoms with Gasteiger partial charge in [0.25, 0.3) is 14.1 Å². The highest BCUT2D eigenvalue weighted by molar-refractivity contribution is 7.44. The molecule has 4 aromatic rings. The number of rotatable bonds is 25. The van der Waals surface area contributed by atoms with Crippen molar-refractivity contribution >= 4 is 14.6 Å². The fourth-order valence-corrected chi connectivity index (χ4v) is 10.0. The first-order valence-corrected chi connectivity index (χ1v) is 22.8. The van der Waals surface area contributed by atoms with Gasteiger partial charge in [-0.15, -0.1) is 0 Å². The topological polar surface area (TPSA) is 192 Å². The Bertz CT molecular complexity index is 2110. The number of unbranched alkanes of at least 4 members (excludes halogenated alkanes) is 4. The van der Waals surface area contributed by atoms with Crippen molar-refractivity contribution in [1.82, 2.24) is 19.5 Å². The number of amides is 2. The average Bonchev–Trinajstić information content (AvgIpc) is 3.60. The van der Waals surface area contributed by atoms with Crippen molar-refractivity contribution in [3.63, 3.8) is 0 Å². The van der Waals surface area contributed by atoms with Gasteiger partial charge in [0.05, 0.1) is 39.9 Å². The van der Waals surface area contributed by atoms with Gasteiger partial charge in [-0.2, -0.15) is 5.26 Å². The van der Waals surface area contributed by atoms with Gasteiger partial charge in [-0.25, -0.2) is 14.3 Å². The number of urea groups is 1. The van der Waals surface area contributed by atoms with Gasteiger partial charge in [-0.05, 0) is 81.5 Å². The van der Waals surface area contributed by atoms with Crippen LogP contribution >= 0.6 is 8.53 Å². The Kier molecular flexibility index (Phi) is 18.7. The molecule has 1 aromatic heterocycles. The minimum absolute atomic E-state index is 0.000310. The van der Waals surface area contributed by atoms with E-state index in [0.717, 1.165) is 48.8 Å². The van der Waals surface area contributed by atoms with Gasteiger partial charge in [0.15, 0.2) is 0 Å². The van der Waals surface area contributed by atoms with E-state index < -0.39 is 55.8 Å². The molecule has 0 saturated carbocycles. The molecular weight excluding hydrogens is 824 g/mol. The molecule has 0 bridgehead atoms. The van der Waals surface area contributed by atoms with Crippen LogP contribution in [0, 0.1) is 17.2 Å². The summed E-state index contributed by atoms with van der Waals surface area (Å²) in [6.45, 7) is 8.99. The van der Waals surface area contributed by atoms with Crippen LogP contribution in [0.3, 0.4) is 0 Å². The summed E-state index contributed by atoms with van der Waals surface area (Å²) < 4.78 is 42.9. The molecule has 1 aliphatic rings. The molecule has 63 heavy (non-hydrogen) atoms. The summed E-state index contributed by atoms with van der Waals surface area (Å²) in [6.07, 6.45) is 4.22.